The molecule has 0 heterocycles. The van der Waals surface area contributed by atoms with Crippen LogP contribution in [0.4, 0.5) is 0 Å². The van der Waals surface area contributed by atoms with Gasteiger partial charge in [-0.25, -0.2) is 4.79 Å². The molecule has 0 aromatic heterocycles. The zero-order valence-electron chi connectivity index (χ0n) is 9.73. The number of rotatable bonds is 7. The molecule has 0 aliphatic rings. The molecule has 0 fully saturated rings. The first kappa shape index (κ1) is 13.8. The monoisotopic (exact) mass is 208 g/mol. The Morgan fingerprint density at radius 2 is 2.27 bits per heavy atom. The number of hydrogen-bond acceptors (Lipinski definition) is 3. The Bertz CT molecular complexity index is 252. The maximum atomic E-state index is 10.1. The molecular weight excluding hydrogens is 188 g/mol. The molecule has 0 spiro atoms. The molecule has 0 aliphatic carbocycles. The highest BCUT2D eigenvalue weighted by molar-refractivity contribution is 5.64. The van der Waals surface area contributed by atoms with E-state index in [1.165, 1.54) is 6.08 Å². The molecule has 84 valence electrons. The minimum absolute atomic E-state index is 0.209. The van der Waals surface area contributed by atoms with Crippen LogP contribution in [0.15, 0.2) is 23.2 Å². The normalized spacial score (nSPS) is 15.4. The van der Waals surface area contributed by atoms with Crippen LogP contribution in [0.1, 0.15) is 20.3 Å². The molecular formula is C12H20N2O. The van der Waals surface area contributed by atoms with Crippen molar-refractivity contribution in [2.24, 2.45) is 10.9 Å². The predicted molar refractivity (Wildman–Crippen MR) is 65.1 cm³/mol. The van der Waals surface area contributed by atoms with Crippen molar-refractivity contribution in [2.45, 2.75) is 26.3 Å². The van der Waals surface area contributed by atoms with Crippen LogP contribution < -0.4 is 5.32 Å². The maximum absolute atomic E-state index is 10.1. The number of nitrogens with zero attached hydrogens (tertiary/aromatic N) is 1. The van der Waals surface area contributed by atoms with Gasteiger partial charge in [0.05, 0.1) is 6.54 Å². The van der Waals surface area contributed by atoms with Crippen LogP contribution in [0.2, 0.25) is 0 Å². The Morgan fingerprint density at radius 1 is 1.53 bits per heavy atom. The Labute approximate surface area is 92.0 Å². The Balaban J connectivity index is 4.08. The fraction of sp³-hybridized carbons (Fsp3) is 0.583. The van der Waals surface area contributed by atoms with Crippen LogP contribution in [0.3, 0.4) is 0 Å². The van der Waals surface area contributed by atoms with Gasteiger partial charge in [0.15, 0.2) is 0 Å². The van der Waals surface area contributed by atoms with Crippen LogP contribution >= 0.6 is 0 Å². The number of hydrogen-bond donors (Lipinski definition) is 1. The standard InChI is InChI=1S/C12H20N2O/c1-4-6-12(7-5-8-15)10-14-9-11(2)13-3/h4-6,10-13H,7,9H2,1-3H3. The lowest BCUT2D eigenvalue weighted by molar-refractivity contribution is 0.567. The Morgan fingerprint density at radius 3 is 2.80 bits per heavy atom. The predicted octanol–water partition coefficient (Wildman–Crippen LogP) is 1.64. The molecule has 0 saturated heterocycles. The second kappa shape index (κ2) is 9.38. The van der Waals surface area contributed by atoms with E-state index in [1.807, 2.05) is 32.3 Å². The lowest BCUT2D eigenvalue weighted by Crippen LogP contribution is -2.24. The van der Waals surface area contributed by atoms with Crippen molar-refractivity contribution in [2.75, 3.05) is 13.6 Å². The van der Waals surface area contributed by atoms with Gasteiger partial charge in [-0.05, 0) is 27.3 Å². The number of carbonyl (C=O) groups excluding carboxylic acids is 1. The van der Waals surface area contributed by atoms with Gasteiger partial charge in [0.25, 0.3) is 0 Å². The van der Waals surface area contributed by atoms with E-state index in [0.717, 1.165) is 6.54 Å². The first-order chi connectivity index (χ1) is 7.24. The molecule has 0 amide bonds. The van der Waals surface area contributed by atoms with Crippen molar-refractivity contribution in [3.63, 3.8) is 0 Å². The summed E-state index contributed by atoms with van der Waals surface area (Å²) < 4.78 is 0. The first-order valence-electron chi connectivity index (χ1n) is 5.24. The van der Waals surface area contributed by atoms with E-state index < -0.39 is 0 Å². The van der Waals surface area contributed by atoms with Gasteiger partial charge in [-0.2, -0.15) is 0 Å². The van der Waals surface area contributed by atoms with Crippen molar-refractivity contribution in [1.29, 1.82) is 0 Å². The summed E-state index contributed by atoms with van der Waals surface area (Å²) in [6.45, 7) is 4.80. The number of likely N-dealkylation sites (N-methyl/N-ethyl adjacent to an activating group) is 1. The number of allylic oxidation sites excluding steroid dienone is 3. The zero-order valence-corrected chi connectivity index (χ0v) is 9.73. The number of nitrogens with one attached hydrogen (secondary N) is 1. The molecule has 0 radical (unpaired) electrons. The first-order valence-corrected chi connectivity index (χ1v) is 5.24. The van der Waals surface area contributed by atoms with E-state index in [0.29, 0.717) is 12.5 Å². The highest BCUT2D eigenvalue weighted by Gasteiger charge is 1.99. The topological polar surface area (TPSA) is 41.5 Å². The maximum Gasteiger partial charge on any atom is 0.120 e. The van der Waals surface area contributed by atoms with Gasteiger partial charge in [-0.15, -0.1) is 0 Å². The fourth-order valence-electron chi connectivity index (χ4n) is 1.07. The average Bonchev–Trinajstić information content (AvgIpc) is 2.25. The summed E-state index contributed by atoms with van der Waals surface area (Å²) in [5, 5.41) is 3.11. The Hall–Kier alpha value is -1.18. The van der Waals surface area contributed by atoms with Gasteiger partial charge < -0.3 is 5.32 Å². The molecule has 0 aromatic carbocycles. The van der Waals surface area contributed by atoms with Gasteiger partial charge in [-0.3, -0.25) is 4.99 Å². The summed E-state index contributed by atoms with van der Waals surface area (Å²) >= 11 is 0. The molecule has 2 atom stereocenters. The molecule has 1 N–H and O–H groups in total. The molecule has 0 aromatic rings. The third kappa shape index (κ3) is 7.86. The van der Waals surface area contributed by atoms with Crippen molar-refractivity contribution in [3.05, 3.63) is 18.2 Å². The van der Waals surface area contributed by atoms with E-state index >= 15 is 0 Å². The molecule has 3 nitrogen and oxygen atoms in total. The lowest BCUT2D eigenvalue weighted by Gasteiger charge is -2.06. The highest BCUT2D eigenvalue weighted by atomic mass is 16.1. The van der Waals surface area contributed by atoms with Crippen molar-refractivity contribution in [1.82, 2.24) is 5.32 Å². The van der Waals surface area contributed by atoms with Crippen LogP contribution in [-0.4, -0.2) is 31.8 Å². The van der Waals surface area contributed by atoms with E-state index in [-0.39, 0.29) is 5.92 Å². The van der Waals surface area contributed by atoms with Gasteiger partial charge in [0.1, 0.15) is 5.94 Å². The smallest absolute Gasteiger partial charge is 0.120 e. The molecule has 15 heavy (non-hydrogen) atoms. The molecule has 0 bridgehead atoms. The van der Waals surface area contributed by atoms with Gasteiger partial charge in [-0.1, -0.05) is 12.2 Å². The van der Waals surface area contributed by atoms with Crippen LogP contribution in [0.5, 0.6) is 0 Å². The van der Waals surface area contributed by atoms with E-state index in [2.05, 4.69) is 17.2 Å². The summed E-state index contributed by atoms with van der Waals surface area (Å²) in [6.07, 6.45) is 8.06. The summed E-state index contributed by atoms with van der Waals surface area (Å²) in [7, 11) is 1.92. The second-order valence-electron chi connectivity index (χ2n) is 3.45. The largest absolute Gasteiger partial charge is 0.315 e. The molecule has 0 aliphatic heterocycles. The van der Waals surface area contributed by atoms with Crippen molar-refractivity contribution in [3.8, 4) is 0 Å². The Kier molecular flexibility index (Phi) is 8.64. The van der Waals surface area contributed by atoms with E-state index in [1.54, 1.807) is 5.94 Å². The van der Waals surface area contributed by atoms with Gasteiger partial charge in [0.2, 0.25) is 0 Å². The SMILES string of the molecule is CC=CC(C=NCC(C)NC)CC=C=O. The van der Waals surface area contributed by atoms with E-state index in [4.69, 9.17) is 0 Å². The molecule has 0 rings (SSSR count). The minimum Gasteiger partial charge on any atom is -0.315 e. The number of aliphatic imine (C=N–C) groups is 1. The summed E-state index contributed by atoms with van der Waals surface area (Å²) in [5.74, 6) is 1.99. The quantitative estimate of drug-likeness (QED) is 0.392. The second-order valence-corrected chi connectivity index (χ2v) is 3.45. The molecule has 2 unspecified atom stereocenters. The highest BCUT2D eigenvalue weighted by Crippen LogP contribution is 2.02. The summed E-state index contributed by atoms with van der Waals surface area (Å²) in [5.41, 5.74) is 0. The van der Waals surface area contributed by atoms with E-state index in [9.17, 15) is 4.79 Å². The van der Waals surface area contributed by atoms with Gasteiger partial charge in [0, 0.05) is 24.3 Å². The zero-order chi connectivity index (χ0) is 11.5. The van der Waals surface area contributed by atoms with Crippen molar-refractivity contribution >= 4 is 12.2 Å². The summed E-state index contributed by atoms with van der Waals surface area (Å²) in [6, 6.07) is 0.383. The van der Waals surface area contributed by atoms with Crippen LogP contribution in [-0.2, 0) is 4.79 Å². The third-order valence-corrected chi connectivity index (χ3v) is 2.08. The van der Waals surface area contributed by atoms with Crippen molar-refractivity contribution < 1.29 is 4.79 Å². The van der Waals surface area contributed by atoms with Crippen LogP contribution in [0, 0.1) is 5.92 Å². The molecule has 3 heteroatoms. The molecule has 0 saturated carbocycles. The lowest BCUT2D eigenvalue weighted by atomic mass is 10.1. The minimum atomic E-state index is 0.209. The average molecular weight is 208 g/mol. The third-order valence-electron chi connectivity index (χ3n) is 2.08. The van der Waals surface area contributed by atoms with Gasteiger partial charge >= 0.3 is 0 Å². The van der Waals surface area contributed by atoms with Crippen LogP contribution in [0.25, 0.3) is 0 Å². The fourth-order valence-corrected chi connectivity index (χ4v) is 1.07. The summed E-state index contributed by atoms with van der Waals surface area (Å²) in [4.78, 5) is 14.4.